The molecular weight excluding hydrogens is 1070 g/mol. The molecule has 0 saturated heterocycles. The van der Waals surface area contributed by atoms with E-state index in [9.17, 15) is 0 Å². The lowest BCUT2D eigenvalue weighted by molar-refractivity contribution is 0.668. The average molecular weight is 1120 g/mol. The van der Waals surface area contributed by atoms with Crippen molar-refractivity contribution in [3.8, 4) is 89.8 Å². The van der Waals surface area contributed by atoms with Crippen LogP contribution < -0.4 is 0 Å². The molecule has 0 aliphatic heterocycles. The molecule has 5 heterocycles. The van der Waals surface area contributed by atoms with Gasteiger partial charge in [-0.1, -0.05) is 188 Å². The lowest BCUT2D eigenvalue weighted by Crippen LogP contribution is -2.04. The molecule has 6 heteroatoms. The average Bonchev–Trinajstić information content (AvgIpc) is 1.98. The Labute approximate surface area is 505 Å². The number of nitrogens with zero attached hydrogens (tertiary/aromatic N) is 4. The second-order valence-corrected chi connectivity index (χ2v) is 22.9. The van der Waals surface area contributed by atoms with E-state index in [1.165, 1.54) is 21.9 Å². The van der Waals surface area contributed by atoms with Gasteiger partial charge < -0.3 is 13.4 Å². The highest BCUT2D eigenvalue weighted by molar-refractivity contribution is 6.13. The maximum atomic E-state index is 6.25. The molecule has 0 atom stereocenters. The molecule has 6 nitrogen and oxygen atoms in total. The summed E-state index contributed by atoms with van der Waals surface area (Å²) in [5.41, 5.74) is 23.8. The Morgan fingerprint density at radius 3 is 1.12 bits per heavy atom. The largest absolute Gasteiger partial charge is 0.456 e. The predicted molar refractivity (Wildman–Crippen MR) is 363 cm³/mol. The van der Waals surface area contributed by atoms with Gasteiger partial charge in [0.15, 0.2) is 0 Å². The zero-order chi connectivity index (χ0) is 57.8. The summed E-state index contributed by atoms with van der Waals surface area (Å²) in [6, 6.07) is 109. The molecule has 0 fully saturated rings. The molecule has 13 aromatic carbocycles. The highest BCUT2D eigenvalue weighted by atomic mass is 16.3. The van der Waals surface area contributed by atoms with Crippen molar-refractivity contribution < 1.29 is 8.83 Å². The molecule has 0 amide bonds. The van der Waals surface area contributed by atoms with E-state index >= 15 is 0 Å². The normalized spacial score (nSPS) is 11.9. The Morgan fingerprint density at radius 1 is 0.205 bits per heavy atom. The molecule has 0 aliphatic rings. The van der Waals surface area contributed by atoms with Crippen LogP contribution in [0, 0.1) is 0 Å². The first-order valence-corrected chi connectivity index (χ1v) is 29.8. The zero-order valence-electron chi connectivity index (χ0n) is 47.5. The van der Waals surface area contributed by atoms with Crippen LogP contribution in [0.25, 0.3) is 177 Å². The first-order chi connectivity index (χ1) is 43.6. The highest BCUT2D eigenvalue weighted by Crippen LogP contribution is 2.42. The number of para-hydroxylation sites is 4. The third-order valence-corrected chi connectivity index (χ3v) is 17.7. The molecule has 5 aromatic heterocycles. The predicted octanol–water partition coefficient (Wildman–Crippen LogP) is 22.1. The SMILES string of the molecule is c1ccc(-c2cc(-c3ccccc3)cc(-c3cccc(-c4cc(-c5cccc(-n6c7ccccc7c7cc(-c8ccc9oc%10ccccc%10c9c8)ccc76)c5)nc(-n5c6ccccc6c6cc(-c7ccc8oc9ccccc9c8c7)ccc65)n4)c3)c2)cc1. The van der Waals surface area contributed by atoms with E-state index in [-0.39, 0.29) is 0 Å². The number of benzene rings is 13. The van der Waals surface area contributed by atoms with Crippen LogP contribution in [0.3, 0.4) is 0 Å². The lowest BCUT2D eigenvalue weighted by atomic mass is 9.92. The highest BCUT2D eigenvalue weighted by Gasteiger charge is 2.21. The molecule has 0 unspecified atom stereocenters. The summed E-state index contributed by atoms with van der Waals surface area (Å²) in [5, 5.41) is 9.03. The van der Waals surface area contributed by atoms with Crippen molar-refractivity contribution >= 4 is 87.5 Å². The quantitative estimate of drug-likeness (QED) is 0.144. The first kappa shape index (κ1) is 49.6. The Kier molecular flexibility index (Phi) is 11.2. The smallest absolute Gasteiger partial charge is 0.235 e. The van der Waals surface area contributed by atoms with Crippen LogP contribution >= 0.6 is 0 Å². The lowest BCUT2D eigenvalue weighted by Gasteiger charge is -2.15. The molecular formula is C82H50N4O2. The van der Waals surface area contributed by atoms with Crippen LogP contribution in [0.15, 0.2) is 312 Å². The summed E-state index contributed by atoms with van der Waals surface area (Å²) in [6.07, 6.45) is 0. The van der Waals surface area contributed by atoms with Crippen molar-refractivity contribution in [3.63, 3.8) is 0 Å². The number of hydrogen-bond acceptors (Lipinski definition) is 4. The zero-order valence-corrected chi connectivity index (χ0v) is 47.5. The Morgan fingerprint density at radius 2 is 0.568 bits per heavy atom. The molecule has 0 N–H and O–H groups in total. The van der Waals surface area contributed by atoms with Crippen molar-refractivity contribution in [3.05, 3.63) is 303 Å². The minimum absolute atomic E-state index is 0.581. The van der Waals surface area contributed by atoms with E-state index in [4.69, 9.17) is 18.8 Å². The van der Waals surface area contributed by atoms with Gasteiger partial charge in [-0.3, -0.25) is 4.57 Å². The van der Waals surface area contributed by atoms with Gasteiger partial charge in [-0.2, -0.15) is 0 Å². The summed E-state index contributed by atoms with van der Waals surface area (Å²) < 4.78 is 17.1. The summed E-state index contributed by atoms with van der Waals surface area (Å²) >= 11 is 0. The number of furan rings is 2. The first-order valence-electron chi connectivity index (χ1n) is 29.8. The van der Waals surface area contributed by atoms with Gasteiger partial charge in [0.25, 0.3) is 0 Å². The maximum absolute atomic E-state index is 6.25. The Bertz CT molecular complexity index is 5770. The van der Waals surface area contributed by atoms with Gasteiger partial charge in [0, 0.05) is 59.9 Å². The molecule has 0 aliphatic carbocycles. The third kappa shape index (κ3) is 8.18. The Balaban J connectivity index is 0.806. The number of aromatic nitrogens is 4. The topological polar surface area (TPSA) is 61.9 Å². The molecule has 410 valence electrons. The van der Waals surface area contributed by atoms with Gasteiger partial charge in [0.2, 0.25) is 5.95 Å². The second-order valence-electron chi connectivity index (χ2n) is 22.9. The molecule has 18 rings (SSSR count). The van der Waals surface area contributed by atoms with E-state index in [0.29, 0.717) is 5.95 Å². The fourth-order valence-corrected chi connectivity index (χ4v) is 13.5. The van der Waals surface area contributed by atoms with Crippen LogP contribution in [0.4, 0.5) is 0 Å². The van der Waals surface area contributed by atoms with Gasteiger partial charge in [-0.05, 0) is 171 Å². The van der Waals surface area contributed by atoms with Crippen molar-refractivity contribution in [2.75, 3.05) is 0 Å². The van der Waals surface area contributed by atoms with Gasteiger partial charge in [0.1, 0.15) is 22.3 Å². The molecule has 88 heavy (non-hydrogen) atoms. The van der Waals surface area contributed by atoms with Crippen LogP contribution in [-0.2, 0) is 0 Å². The van der Waals surface area contributed by atoms with Gasteiger partial charge in [0.05, 0.1) is 33.5 Å². The van der Waals surface area contributed by atoms with Crippen LogP contribution in [0.1, 0.15) is 0 Å². The van der Waals surface area contributed by atoms with E-state index in [1.807, 2.05) is 24.3 Å². The third-order valence-electron chi connectivity index (χ3n) is 17.7. The van der Waals surface area contributed by atoms with E-state index in [1.54, 1.807) is 0 Å². The second kappa shape index (κ2) is 19.9. The fourth-order valence-electron chi connectivity index (χ4n) is 13.5. The van der Waals surface area contributed by atoms with Crippen molar-refractivity contribution in [2.24, 2.45) is 0 Å². The summed E-state index contributed by atoms with van der Waals surface area (Å²) in [7, 11) is 0. The van der Waals surface area contributed by atoms with Crippen molar-refractivity contribution in [1.82, 2.24) is 19.1 Å². The van der Waals surface area contributed by atoms with Gasteiger partial charge >= 0.3 is 0 Å². The summed E-state index contributed by atoms with van der Waals surface area (Å²) in [6.45, 7) is 0. The van der Waals surface area contributed by atoms with E-state index in [0.717, 1.165) is 149 Å². The number of rotatable bonds is 9. The van der Waals surface area contributed by atoms with E-state index < -0.39 is 0 Å². The van der Waals surface area contributed by atoms with Crippen molar-refractivity contribution in [1.29, 1.82) is 0 Å². The fraction of sp³-hybridized carbons (Fsp3) is 0. The van der Waals surface area contributed by atoms with Gasteiger partial charge in [-0.15, -0.1) is 0 Å². The van der Waals surface area contributed by atoms with E-state index in [2.05, 4.69) is 288 Å². The summed E-state index contributed by atoms with van der Waals surface area (Å²) in [4.78, 5) is 11.3. The number of fused-ring (bicyclic) bond motifs is 12. The summed E-state index contributed by atoms with van der Waals surface area (Å²) in [5.74, 6) is 0.581. The van der Waals surface area contributed by atoms with Crippen molar-refractivity contribution in [2.45, 2.75) is 0 Å². The monoisotopic (exact) mass is 1120 g/mol. The minimum atomic E-state index is 0.581. The maximum Gasteiger partial charge on any atom is 0.235 e. The standard InChI is InChI=1S/C82H50N4O2/c1-3-17-51(18-4-1)60-42-61(52-19-5-2-6-20-52)44-62(43-60)53-21-15-22-58(41-53)72-50-73(84-82(83-72)86-75-30-12-8-26-65(75)69-47-55(34-38-77(69)86)57-36-40-81-71(49-57)67-28-10-14-32-79(67)88-81)59-23-16-24-63(45-59)85-74-29-11-7-25-64(74)68-46-54(33-37-76(68)85)56-35-39-80-70(48-56)66-27-9-13-31-78(66)87-80/h1-50H. The van der Waals surface area contributed by atoms with Crippen LogP contribution in [-0.4, -0.2) is 19.1 Å². The molecule has 0 radical (unpaired) electrons. The minimum Gasteiger partial charge on any atom is -0.456 e. The molecule has 0 saturated carbocycles. The molecule has 0 spiro atoms. The molecule has 0 bridgehead atoms. The van der Waals surface area contributed by atoms with Crippen LogP contribution in [0.5, 0.6) is 0 Å². The molecule has 18 aromatic rings. The number of hydrogen-bond donors (Lipinski definition) is 0. The van der Waals surface area contributed by atoms with Gasteiger partial charge in [-0.25, -0.2) is 9.97 Å². The van der Waals surface area contributed by atoms with Crippen LogP contribution in [0.2, 0.25) is 0 Å². The Hall–Kier alpha value is -11.9.